The van der Waals surface area contributed by atoms with E-state index in [0.717, 1.165) is 39.2 Å². The van der Waals surface area contributed by atoms with Crippen LogP contribution in [0, 0.1) is 17.6 Å². The van der Waals surface area contributed by atoms with Crippen molar-refractivity contribution in [3.05, 3.63) is 53.0 Å². The van der Waals surface area contributed by atoms with Gasteiger partial charge in [0.05, 0.1) is 7.11 Å². The van der Waals surface area contributed by atoms with Gasteiger partial charge in [-0.05, 0) is 25.1 Å². The summed E-state index contributed by atoms with van der Waals surface area (Å²) in [5, 5.41) is 2.25. The summed E-state index contributed by atoms with van der Waals surface area (Å²) in [6.45, 7) is 1.88. The Labute approximate surface area is 191 Å². The van der Waals surface area contributed by atoms with Gasteiger partial charge in [0.25, 0.3) is 5.91 Å². The average molecular weight is 511 g/mol. The molecule has 1 heterocycles. The lowest BCUT2D eigenvalue weighted by molar-refractivity contribution is -0.272. The molecule has 13 heteroatoms. The zero-order valence-electron chi connectivity index (χ0n) is 18.0. The van der Waals surface area contributed by atoms with E-state index in [9.17, 15) is 39.6 Å². The lowest BCUT2D eigenvalue weighted by atomic mass is 9.77. The quantitative estimate of drug-likeness (QED) is 0.493. The number of hydrogen-bond donors (Lipinski definition) is 1. The number of alkyl halides is 3. The molecule has 1 aromatic carbocycles. The molecule has 186 valence electrons. The van der Waals surface area contributed by atoms with Crippen molar-refractivity contribution in [2.75, 3.05) is 7.11 Å². The standard InChI is InChI=1S/C21H19F6NO5S/c1-9-15(11-5-7-13(23)16(24)17(11)32-3)18(33-20(9,2)21(25,26)27)19(29)28-10-4-6-12(22)14(8-10)34(30)31/h4-7,9,15,18H,8H2,1-3H3,(H,28,29)/t9-,15-,18+,20+/m0/s1. The number of nitrogens with one attached hydrogen (secondary N) is 1. The Morgan fingerprint density at radius 2 is 1.85 bits per heavy atom. The second-order valence-corrected chi connectivity index (χ2v) is 8.93. The zero-order valence-corrected chi connectivity index (χ0v) is 18.8. The molecule has 0 unspecified atom stereocenters. The summed E-state index contributed by atoms with van der Waals surface area (Å²) in [6.07, 6.45) is -5.53. The highest BCUT2D eigenvalue weighted by Gasteiger charge is 2.66. The van der Waals surface area contributed by atoms with E-state index < -0.39 is 80.4 Å². The van der Waals surface area contributed by atoms with Crippen LogP contribution in [0.2, 0.25) is 0 Å². The number of carbonyl (C=O) groups excluding carboxylic acids is 1. The van der Waals surface area contributed by atoms with Gasteiger partial charge in [-0.15, -0.1) is 0 Å². The Kier molecular flexibility index (Phi) is 6.91. The molecular formula is C21H19F6NO5S. The first-order valence-electron chi connectivity index (χ1n) is 9.82. The third kappa shape index (κ3) is 4.33. The summed E-state index contributed by atoms with van der Waals surface area (Å²) in [5.74, 6) is -8.49. The second kappa shape index (κ2) is 9.10. The SMILES string of the molecule is COc1c([C@H]2[C@H](C(=O)NC3=CC=C(F)C(=S(=O)=O)C3)O[C@@](C)(C(F)(F)F)[C@H]2C)ccc(F)c1F. The Bertz CT molecular complexity index is 1210. The average Bonchev–Trinajstić information content (AvgIpc) is 3.03. The van der Waals surface area contributed by atoms with E-state index in [1.54, 1.807) is 0 Å². The van der Waals surface area contributed by atoms with Crippen molar-refractivity contribution in [2.45, 2.75) is 44.1 Å². The molecule has 0 aromatic heterocycles. The largest absolute Gasteiger partial charge is 0.493 e. The molecule has 1 fully saturated rings. The number of allylic oxidation sites excluding steroid dienone is 4. The number of benzene rings is 1. The number of carbonyl (C=O) groups is 1. The van der Waals surface area contributed by atoms with Crippen molar-refractivity contribution in [1.82, 2.24) is 5.32 Å². The number of rotatable bonds is 4. The summed E-state index contributed by atoms with van der Waals surface area (Å²) >= 11 is 0. The molecule has 6 nitrogen and oxygen atoms in total. The van der Waals surface area contributed by atoms with Crippen LogP contribution >= 0.6 is 0 Å². The minimum absolute atomic E-state index is 0.113. The predicted octanol–water partition coefficient (Wildman–Crippen LogP) is 3.72. The molecule has 0 radical (unpaired) electrons. The lowest BCUT2D eigenvalue weighted by Gasteiger charge is -2.32. The van der Waals surface area contributed by atoms with Crippen molar-refractivity contribution in [1.29, 1.82) is 0 Å². The fraction of sp³-hybridized carbons (Fsp3) is 0.429. The normalized spacial score (nSPS) is 27.2. The molecule has 0 spiro atoms. The molecule has 1 N–H and O–H groups in total. The van der Waals surface area contributed by atoms with Gasteiger partial charge >= 0.3 is 6.18 Å². The van der Waals surface area contributed by atoms with Crippen LogP contribution < -0.4 is 10.1 Å². The van der Waals surface area contributed by atoms with Gasteiger partial charge in [-0.25, -0.2) is 8.78 Å². The number of halogens is 6. The minimum Gasteiger partial charge on any atom is -0.493 e. The number of hydrogen-bond acceptors (Lipinski definition) is 5. The number of methoxy groups -OCH3 is 1. The molecule has 34 heavy (non-hydrogen) atoms. The van der Waals surface area contributed by atoms with Gasteiger partial charge in [0, 0.05) is 29.5 Å². The van der Waals surface area contributed by atoms with Gasteiger partial charge in [0.2, 0.25) is 16.1 Å². The van der Waals surface area contributed by atoms with Crippen LogP contribution in [0.25, 0.3) is 0 Å². The molecule has 2 aliphatic rings. The molecule has 1 aliphatic heterocycles. The molecule has 1 aliphatic carbocycles. The maximum absolute atomic E-state index is 14.3. The van der Waals surface area contributed by atoms with Crippen LogP contribution in [0.5, 0.6) is 5.75 Å². The zero-order chi connectivity index (χ0) is 25.6. The van der Waals surface area contributed by atoms with E-state index in [4.69, 9.17) is 9.47 Å². The van der Waals surface area contributed by atoms with Gasteiger partial charge in [0.1, 0.15) is 16.8 Å². The highest BCUT2D eigenvalue weighted by molar-refractivity contribution is 7.73. The third-order valence-electron chi connectivity index (χ3n) is 6.10. The van der Waals surface area contributed by atoms with E-state index >= 15 is 0 Å². The highest BCUT2D eigenvalue weighted by Crippen LogP contribution is 2.54. The van der Waals surface area contributed by atoms with Gasteiger partial charge in [-0.2, -0.15) is 26.0 Å². The maximum Gasteiger partial charge on any atom is 0.417 e. The second-order valence-electron chi connectivity index (χ2n) is 7.97. The first-order chi connectivity index (χ1) is 15.7. The Morgan fingerprint density at radius 3 is 2.41 bits per heavy atom. The van der Waals surface area contributed by atoms with Crippen molar-refractivity contribution in [3.63, 3.8) is 0 Å². The van der Waals surface area contributed by atoms with Crippen molar-refractivity contribution in [3.8, 4) is 5.75 Å². The van der Waals surface area contributed by atoms with Crippen molar-refractivity contribution in [2.24, 2.45) is 5.92 Å². The molecule has 0 saturated carbocycles. The summed E-state index contributed by atoms with van der Waals surface area (Å²) in [7, 11) is -1.94. The fourth-order valence-corrected chi connectivity index (χ4v) is 4.58. The number of ether oxygens (including phenoxy) is 2. The predicted molar refractivity (Wildman–Crippen MR) is 108 cm³/mol. The number of amides is 1. The fourth-order valence-electron chi connectivity index (χ4n) is 4.08. The van der Waals surface area contributed by atoms with E-state index in [-0.39, 0.29) is 11.3 Å². The van der Waals surface area contributed by atoms with E-state index in [0.29, 0.717) is 6.07 Å². The van der Waals surface area contributed by atoms with Gasteiger partial charge in [-0.1, -0.05) is 13.0 Å². The summed E-state index contributed by atoms with van der Waals surface area (Å²) in [4.78, 5) is 12.4. The van der Waals surface area contributed by atoms with Gasteiger partial charge in [-0.3, -0.25) is 4.79 Å². The molecule has 3 rings (SSSR count). The van der Waals surface area contributed by atoms with E-state index in [1.807, 2.05) is 0 Å². The summed E-state index contributed by atoms with van der Waals surface area (Å²) in [5.41, 5.74) is -3.19. The maximum atomic E-state index is 14.3. The van der Waals surface area contributed by atoms with Crippen LogP contribution in [-0.2, 0) is 19.8 Å². The van der Waals surface area contributed by atoms with Crippen LogP contribution in [0.15, 0.2) is 35.8 Å². The Hall–Kier alpha value is -2.80. The summed E-state index contributed by atoms with van der Waals surface area (Å²) in [6, 6.07) is 1.70. The van der Waals surface area contributed by atoms with E-state index in [1.165, 1.54) is 0 Å². The van der Waals surface area contributed by atoms with Crippen molar-refractivity contribution < 1.29 is 49.0 Å². The third-order valence-corrected chi connectivity index (χ3v) is 6.85. The topological polar surface area (TPSA) is 81.7 Å². The van der Waals surface area contributed by atoms with Crippen LogP contribution in [0.4, 0.5) is 26.3 Å². The Balaban J connectivity index is 2.06. The highest BCUT2D eigenvalue weighted by atomic mass is 32.2. The first kappa shape index (κ1) is 25.8. The van der Waals surface area contributed by atoms with Gasteiger partial charge in [0.15, 0.2) is 17.2 Å². The molecule has 1 saturated heterocycles. The van der Waals surface area contributed by atoms with Crippen molar-refractivity contribution >= 4 is 21.1 Å². The Morgan fingerprint density at radius 1 is 1.21 bits per heavy atom. The minimum atomic E-state index is -4.94. The molecular weight excluding hydrogens is 492 g/mol. The molecule has 1 aromatic rings. The van der Waals surface area contributed by atoms with Gasteiger partial charge < -0.3 is 14.8 Å². The molecule has 0 bridgehead atoms. The molecule has 1 amide bonds. The van der Waals surface area contributed by atoms with E-state index in [2.05, 4.69) is 5.32 Å². The smallest absolute Gasteiger partial charge is 0.417 e. The first-order valence-corrected chi connectivity index (χ1v) is 10.9. The lowest BCUT2D eigenvalue weighted by Crippen LogP contribution is -2.47. The monoisotopic (exact) mass is 511 g/mol. The van der Waals surface area contributed by atoms with Crippen LogP contribution in [0.3, 0.4) is 0 Å². The van der Waals surface area contributed by atoms with Crippen LogP contribution in [0.1, 0.15) is 31.7 Å². The summed E-state index contributed by atoms with van der Waals surface area (Å²) < 4.78 is 116. The van der Waals surface area contributed by atoms with Crippen LogP contribution in [-0.4, -0.2) is 44.2 Å². The molecule has 4 atom stereocenters.